The van der Waals surface area contributed by atoms with E-state index in [1.165, 1.54) is 0 Å². The molecule has 7 heteroatoms. The van der Waals surface area contributed by atoms with Crippen LogP contribution in [0, 0.1) is 0 Å². The molecular formula is C19H21N5O2. The van der Waals surface area contributed by atoms with Crippen molar-refractivity contribution in [3.63, 3.8) is 0 Å². The van der Waals surface area contributed by atoms with Gasteiger partial charge in [-0.3, -0.25) is 14.6 Å². The van der Waals surface area contributed by atoms with E-state index in [2.05, 4.69) is 20.3 Å². The number of pyridine rings is 1. The Bertz CT molecular complexity index is 820. The molecule has 1 aliphatic heterocycles. The molecule has 4 rings (SSSR count). The van der Waals surface area contributed by atoms with Gasteiger partial charge in [0.25, 0.3) is 5.91 Å². The van der Waals surface area contributed by atoms with E-state index < -0.39 is 0 Å². The summed E-state index contributed by atoms with van der Waals surface area (Å²) in [6.45, 7) is 0.937. The maximum absolute atomic E-state index is 12.8. The van der Waals surface area contributed by atoms with Crippen molar-refractivity contribution in [3.8, 4) is 0 Å². The summed E-state index contributed by atoms with van der Waals surface area (Å²) in [4.78, 5) is 39.8. The minimum atomic E-state index is -0.192. The molecule has 1 fully saturated rings. The summed E-state index contributed by atoms with van der Waals surface area (Å²) in [5.41, 5.74) is 2.14. The molecule has 1 aliphatic carbocycles. The summed E-state index contributed by atoms with van der Waals surface area (Å²) in [5.74, 6) is 0.973. The van der Waals surface area contributed by atoms with E-state index in [1.807, 2.05) is 18.2 Å². The van der Waals surface area contributed by atoms with Gasteiger partial charge in [0.1, 0.15) is 5.82 Å². The van der Waals surface area contributed by atoms with Crippen LogP contribution in [0.2, 0.25) is 0 Å². The molecule has 0 radical (unpaired) electrons. The molecule has 7 nitrogen and oxygen atoms in total. The molecule has 26 heavy (non-hydrogen) atoms. The molecule has 2 aliphatic rings. The molecule has 0 bridgehead atoms. The Kier molecular flexibility index (Phi) is 4.60. The number of fused-ring (bicyclic) bond motifs is 1. The molecule has 2 aromatic rings. The maximum Gasteiger partial charge on any atom is 0.257 e. The van der Waals surface area contributed by atoms with Crippen LogP contribution in [0.1, 0.15) is 52.8 Å². The molecule has 0 aromatic carbocycles. The second-order valence-electron chi connectivity index (χ2n) is 6.79. The number of rotatable bonds is 5. The lowest BCUT2D eigenvalue weighted by Crippen LogP contribution is -2.40. The van der Waals surface area contributed by atoms with Gasteiger partial charge < -0.3 is 10.2 Å². The van der Waals surface area contributed by atoms with E-state index in [4.69, 9.17) is 0 Å². The van der Waals surface area contributed by atoms with E-state index >= 15 is 0 Å². The number of aryl methyl sites for hydroxylation is 1. The number of aromatic nitrogens is 3. The van der Waals surface area contributed by atoms with Crippen LogP contribution in [-0.4, -0.2) is 44.8 Å². The first kappa shape index (κ1) is 16.6. The lowest BCUT2D eigenvalue weighted by atomic mass is 10.1. The van der Waals surface area contributed by atoms with Crippen molar-refractivity contribution in [1.82, 2.24) is 25.2 Å². The lowest BCUT2D eigenvalue weighted by Gasteiger charge is -2.20. The average Bonchev–Trinajstić information content (AvgIpc) is 3.51. The zero-order chi connectivity index (χ0) is 17.9. The Morgan fingerprint density at radius 1 is 1.27 bits per heavy atom. The highest BCUT2D eigenvalue weighted by Gasteiger charge is 2.30. The number of hydrogen-bond acceptors (Lipinski definition) is 5. The normalized spacial score (nSPS) is 16.8. The van der Waals surface area contributed by atoms with Crippen LogP contribution in [-0.2, 0) is 17.8 Å². The smallest absolute Gasteiger partial charge is 0.257 e. The zero-order valence-electron chi connectivity index (χ0n) is 14.5. The molecule has 0 spiro atoms. The molecule has 1 saturated carbocycles. The average molecular weight is 351 g/mol. The monoisotopic (exact) mass is 351 g/mol. The Hall–Kier alpha value is -2.83. The molecule has 134 valence electrons. The molecule has 0 unspecified atom stereocenters. The Balaban J connectivity index is 1.40. The minimum absolute atomic E-state index is 0.0372. The van der Waals surface area contributed by atoms with E-state index in [0.717, 1.165) is 42.9 Å². The first-order valence-electron chi connectivity index (χ1n) is 9.02. The highest BCUT2D eigenvalue weighted by molar-refractivity contribution is 5.97. The summed E-state index contributed by atoms with van der Waals surface area (Å²) in [6.07, 6.45) is 7.14. The van der Waals surface area contributed by atoms with Gasteiger partial charge in [0, 0.05) is 24.9 Å². The predicted molar refractivity (Wildman–Crippen MR) is 94.3 cm³/mol. The quantitative estimate of drug-likeness (QED) is 0.881. The van der Waals surface area contributed by atoms with Crippen molar-refractivity contribution in [1.29, 1.82) is 0 Å². The number of hydrogen-bond donors (Lipinski definition) is 1. The standard InChI is InChI=1S/C19H21N5O2/c25-17(21-10-14-4-1-2-8-20-14)12-24-9-3-5-16-15(19(24)26)11-22-18(23-16)13-6-7-13/h1-2,4,8,11,13H,3,5-7,9-10,12H2,(H,21,25). The van der Waals surface area contributed by atoms with Crippen LogP contribution in [0.25, 0.3) is 0 Å². The van der Waals surface area contributed by atoms with Gasteiger partial charge >= 0.3 is 0 Å². The first-order chi connectivity index (χ1) is 12.7. The molecule has 1 N–H and O–H groups in total. The van der Waals surface area contributed by atoms with Crippen molar-refractivity contribution in [2.24, 2.45) is 0 Å². The van der Waals surface area contributed by atoms with Crippen LogP contribution < -0.4 is 5.32 Å². The van der Waals surface area contributed by atoms with Crippen molar-refractivity contribution in [3.05, 3.63) is 53.4 Å². The highest BCUT2D eigenvalue weighted by Crippen LogP contribution is 2.38. The fraction of sp³-hybridized carbons (Fsp3) is 0.421. The SMILES string of the molecule is O=C(CN1CCCc2nc(C3CC3)ncc2C1=O)NCc1ccccn1. The van der Waals surface area contributed by atoms with Crippen molar-refractivity contribution in [2.75, 3.05) is 13.1 Å². The van der Waals surface area contributed by atoms with Gasteiger partial charge in [-0.2, -0.15) is 0 Å². The van der Waals surface area contributed by atoms with E-state index in [-0.39, 0.29) is 18.4 Å². The minimum Gasteiger partial charge on any atom is -0.349 e. The number of nitrogens with zero attached hydrogens (tertiary/aromatic N) is 4. The van der Waals surface area contributed by atoms with E-state index in [1.54, 1.807) is 17.3 Å². The fourth-order valence-corrected chi connectivity index (χ4v) is 3.12. The molecule has 2 amide bonds. The van der Waals surface area contributed by atoms with Crippen LogP contribution in [0.5, 0.6) is 0 Å². The van der Waals surface area contributed by atoms with Gasteiger partial charge in [0.15, 0.2) is 0 Å². The molecule has 3 heterocycles. The number of amides is 2. The second-order valence-corrected chi connectivity index (χ2v) is 6.79. The van der Waals surface area contributed by atoms with Gasteiger partial charge in [-0.25, -0.2) is 9.97 Å². The molecule has 2 aromatic heterocycles. The Morgan fingerprint density at radius 2 is 2.15 bits per heavy atom. The van der Waals surface area contributed by atoms with Crippen LogP contribution in [0.3, 0.4) is 0 Å². The largest absolute Gasteiger partial charge is 0.349 e. The first-order valence-corrected chi connectivity index (χ1v) is 9.02. The van der Waals surface area contributed by atoms with Crippen molar-refractivity contribution < 1.29 is 9.59 Å². The molecule has 0 atom stereocenters. The van der Waals surface area contributed by atoms with Crippen molar-refractivity contribution >= 4 is 11.8 Å². The third kappa shape index (κ3) is 3.71. The Morgan fingerprint density at radius 3 is 2.92 bits per heavy atom. The van der Waals surface area contributed by atoms with Crippen LogP contribution >= 0.6 is 0 Å². The van der Waals surface area contributed by atoms with Gasteiger partial charge in [-0.05, 0) is 37.8 Å². The van der Waals surface area contributed by atoms with Gasteiger partial charge in [-0.1, -0.05) is 6.07 Å². The summed E-state index contributed by atoms with van der Waals surface area (Å²) >= 11 is 0. The summed E-state index contributed by atoms with van der Waals surface area (Å²) in [5, 5.41) is 2.82. The Labute approximate surface area is 151 Å². The summed E-state index contributed by atoms with van der Waals surface area (Å²) < 4.78 is 0. The molecule has 0 saturated heterocycles. The second kappa shape index (κ2) is 7.19. The number of carbonyl (C=O) groups is 2. The lowest BCUT2D eigenvalue weighted by molar-refractivity contribution is -0.122. The third-order valence-corrected chi connectivity index (χ3v) is 4.72. The fourth-order valence-electron chi connectivity index (χ4n) is 3.12. The zero-order valence-corrected chi connectivity index (χ0v) is 14.5. The van der Waals surface area contributed by atoms with Gasteiger partial charge in [0.2, 0.25) is 5.91 Å². The van der Waals surface area contributed by atoms with Crippen LogP contribution in [0.4, 0.5) is 0 Å². The van der Waals surface area contributed by atoms with Crippen molar-refractivity contribution in [2.45, 2.75) is 38.1 Å². The third-order valence-electron chi connectivity index (χ3n) is 4.72. The van der Waals surface area contributed by atoms with E-state index in [0.29, 0.717) is 24.6 Å². The summed E-state index contributed by atoms with van der Waals surface area (Å²) in [6, 6.07) is 5.55. The molecular weight excluding hydrogens is 330 g/mol. The topological polar surface area (TPSA) is 88.1 Å². The summed E-state index contributed by atoms with van der Waals surface area (Å²) in [7, 11) is 0. The van der Waals surface area contributed by atoms with Crippen LogP contribution in [0.15, 0.2) is 30.6 Å². The number of carbonyl (C=O) groups excluding carboxylic acids is 2. The van der Waals surface area contributed by atoms with E-state index in [9.17, 15) is 9.59 Å². The predicted octanol–water partition coefficient (Wildman–Crippen LogP) is 1.45. The van der Waals surface area contributed by atoms with Gasteiger partial charge in [-0.15, -0.1) is 0 Å². The van der Waals surface area contributed by atoms with Gasteiger partial charge in [0.05, 0.1) is 30.0 Å². The highest BCUT2D eigenvalue weighted by atomic mass is 16.2. The number of nitrogens with one attached hydrogen (secondary N) is 1. The maximum atomic E-state index is 12.8.